The summed E-state index contributed by atoms with van der Waals surface area (Å²) in [6.07, 6.45) is 1.02. The average molecular weight is 410 g/mol. The number of para-hydroxylation sites is 2. The monoisotopic (exact) mass is 409 g/mol. The molecule has 1 aliphatic rings. The van der Waals surface area contributed by atoms with Gasteiger partial charge < -0.3 is 25.6 Å². The molecule has 3 N–H and O–H groups in total. The van der Waals surface area contributed by atoms with Crippen molar-refractivity contribution in [3.05, 3.63) is 59.7 Å². The first-order valence-corrected chi connectivity index (χ1v) is 10.4. The Morgan fingerprint density at radius 3 is 2.80 bits per heavy atom. The lowest BCUT2D eigenvalue weighted by Crippen LogP contribution is -2.44. The largest absolute Gasteiger partial charge is 0.495 e. The van der Waals surface area contributed by atoms with E-state index in [4.69, 9.17) is 4.74 Å². The number of guanidine groups is 1. The second kappa shape index (κ2) is 10.5. The molecule has 160 valence electrons. The molecule has 0 spiro atoms. The van der Waals surface area contributed by atoms with Crippen LogP contribution >= 0.6 is 0 Å². The molecule has 0 aliphatic carbocycles. The molecule has 2 aromatic carbocycles. The predicted molar refractivity (Wildman–Crippen MR) is 121 cm³/mol. The number of carbonyl (C=O) groups excluding carboxylic acids is 1. The summed E-state index contributed by atoms with van der Waals surface area (Å²) in [6, 6.07) is 16.0. The fraction of sp³-hybridized carbons (Fsp3) is 0.391. The summed E-state index contributed by atoms with van der Waals surface area (Å²) in [6.45, 7) is 4.97. The molecule has 1 heterocycles. The molecule has 0 aromatic heterocycles. The number of nitrogens with zero attached hydrogens (tertiary/aromatic N) is 2. The summed E-state index contributed by atoms with van der Waals surface area (Å²) >= 11 is 0. The van der Waals surface area contributed by atoms with E-state index in [1.807, 2.05) is 49.4 Å². The standard InChI is InChI=1S/C23H31N5O2/c1-4-25-22(29)18-9-7-8-17(14-18)15-26-23(24-2)27-19-12-13-28(16-19)20-10-5-6-11-21(20)30-3/h5-11,14,19H,4,12-13,15-16H2,1-3H3,(H,25,29)(H2,24,26,27). The molecule has 0 bridgehead atoms. The van der Waals surface area contributed by atoms with E-state index < -0.39 is 0 Å². The van der Waals surface area contributed by atoms with Gasteiger partial charge in [-0.05, 0) is 43.2 Å². The highest BCUT2D eigenvalue weighted by Crippen LogP contribution is 2.30. The van der Waals surface area contributed by atoms with Gasteiger partial charge in [0.15, 0.2) is 5.96 Å². The summed E-state index contributed by atoms with van der Waals surface area (Å²) in [7, 11) is 3.48. The Hall–Kier alpha value is -3.22. The molecule has 7 heteroatoms. The molecule has 30 heavy (non-hydrogen) atoms. The quantitative estimate of drug-likeness (QED) is 0.484. The summed E-state index contributed by atoms with van der Waals surface area (Å²) < 4.78 is 5.50. The predicted octanol–water partition coefficient (Wildman–Crippen LogP) is 2.39. The van der Waals surface area contributed by atoms with Gasteiger partial charge in [-0.1, -0.05) is 24.3 Å². The van der Waals surface area contributed by atoms with E-state index in [1.54, 1.807) is 14.2 Å². The number of aliphatic imine (C=N–C) groups is 1. The molecule has 1 unspecified atom stereocenters. The topological polar surface area (TPSA) is 78.0 Å². The van der Waals surface area contributed by atoms with E-state index in [-0.39, 0.29) is 5.91 Å². The zero-order valence-electron chi connectivity index (χ0n) is 17.9. The zero-order valence-corrected chi connectivity index (χ0v) is 17.9. The van der Waals surface area contributed by atoms with Crippen LogP contribution in [0.3, 0.4) is 0 Å². The third-order valence-electron chi connectivity index (χ3n) is 5.17. The van der Waals surface area contributed by atoms with Gasteiger partial charge in [0, 0.05) is 44.8 Å². The molecule has 1 amide bonds. The first-order valence-electron chi connectivity index (χ1n) is 10.4. The minimum absolute atomic E-state index is 0.0516. The fourth-order valence-corrected chi connectivity index (χ4v) is 3.65. The second-order valence-corrected chi connectivity index (χ2v) is 7.23. The highest BCUT2D eigenvalue weighted by Gasteiger charge is 2.25. The molecule has 2 aromatic rings. The fourth-order valence-electron chi connectivity index (χ4n) is 3.65. The highest BCUT2D eigenvalue weighted by molar-refractivity contribution is 5.94. The van der Waals surface area contributed by atoms with Crippen LogP contribution < -0.4 is 25.6 Å². The number of anilines is 1. The van der Waals surface area contributed by atoms with Gasteiger partial charge in [-0.2, -0.15) is 0 Å². The number of nitrogens with one attached hydrogen (secondary N) is 3. The molecular weight excluding hydrogens is 378 g/mol. The van der Waals surface area contributed by atoms with Gasteiger partial charge >= 0.3 is 0 Å². The maximum Gasteiger partial charge on any atom is 0.251 e. The summed E-state index contributed by atoms with van der Waals surface area (Å²) in [5.74, 6) is 1.60. The third kappa shape index (κ3) is 5.43. The Morgan fingerprint density at radius 1 is 1.20 bits per heavy atom. The molecule has 1 atom stereocenters. The molecule has 0 radical (unpaired) electrons. The first kappa shape index (κ1) is 21.5. The van der Waals surface area contributed by atoms with Crippen LogP contribution in [0.25, 0.3) is 0 Å². The van der Waals surface area contributed by atoms with Crippen LogP contribution in [0, 0.1) is 0 Å². The highest BCUT2D eigenvalue weighted by atomic mass is 16.5. The number of hydrogen-bond donors (Lipinski definition) is 3. The van der Waals surface area contributed by atoms with E-state index >= 15 is 0 Å². The van der Waals surface area contributed by atoms with Crippen molar-refractivity contribution >= 4 is 17.6 Å². The lowest BCUT2D eigenvalue weighted by molar-refractivity contribution is 0.0955. The molecular formula is C23H31N5O2. The molecule has 0 saturated carbocycles. The maximum absolute atomic E-state index is 12.0. The van der Waals surface area contributed by atoms with Crippen molar-refractivity contribution in [3.63, 3.8) is 0 Å². The van der Waals surface area contributed by atoms with Crippen LogP contribution in [0.5, 0.6) is 5.75 Å². The molecule has 3 rings (SSSR count). The second-order valence-electron chi connectivity index (χ2n) is 7.23. The van der Waals surface area contributed by atoms with E-state index in [2.05, 4.69) is 31.9 Å². The average Bonchev–Trinajstić information content (AvgIpc) is 3.25. The summed E-state index contributed by atoms with van der Waals surface area (Å²) in [5.41, 5.74) is 2.82. The molecule has 1 fully saturated rings. The van der Waals surface area contributed by atoms with Crippen LogP contribution in [0.1, 0.15) is 29.3 Å². The number of benzene rings is 2. The van der Waals surface area contributed by atoms with Gasteiger partial charge in [-0.15, -0.1) is 0 Å². The van der Waals surface area contributed by atoms with E-state index in [0.29, 0.717) is 24.7 Å². The summed E-state index contributed by atoms with van der Waals surface area (Å²) in [4.78, 5) is 18.7. The SMILES string of the molecule is CCNC(=O)c1cccc(CNC(=NC)NC2CCN(c3ccccc3OC)C2)c1. The molecule has 1 saturated heterocycles. The first-order chi connectivity index (χ1) is 14.6. The van der Waals surface area contributed by atoms with Gasteiger partial charge in [0.2, 0.25) is 0 Å². The van der Waals surface area contributed by atoms with Gasteiger partial charge in [0.1, 0.15) is 5.75 Å². The van der Waals surface area contributed by atoms with Crippen LogP contribution in [0.15, 0.2) is 53.5 Å². The number of carbonyl (C=O) groups is 1. The van der Waals surface area contributed by atoms with E-state index in [0.717, 1.165) is 42.5 Å². The molecule has 7 nitrogen and oxygen atoms in total. The number of amides is 1. The Balaban J connectivity index is 1.54. The Bertz CT molecular complexity index is 883. The Labute approximate surface area is 178 Å². The van der Waals surface area contributed by atoms with E-state index in [1.165, 1.54) is 0 Å². The third-order valence-corrected chi connectivity index (χ3v) is 5.17. The van der Waals surface area contributed by atoms with Crippen molar-refractivity contribution in [1.82, 2.24) is 16.0 Å². The lowest BCUT2D eigenvalue weighted by atomic mass is 10.1. The van der Waals surface area contributed by atoms with Gasteiger partial charge in [0.25, 0.3) is 5.91 Å². The zero-order chi connectivity index (χ0) is 21.3. The Morgan fingerprint density at radius 2 is 2.03 bits per heavy atom. The minimum atomic E-state index is -0.0516. The number of ether oxygens (including phenoxy) is 1. The van der Waals surface area contributed by atoms with Crippen molar-refractivity contribution in [1.29, 1.82) is 0 Å². The van der Waals surface area contributed by atoms with Crippen LogP contribution in [-0.4, -0.2) is 51.7 Å². The summed E-state index contributed by atoms with van der Waals surface area (Å²) in [5, 5.41) is 9.69. The van der Waals surface area contributed by atoms with Crippen molar-refractivity contribution in [2.24, 2.45) is 4.99 Å². The van der Waals surface area contributed by atoms with Crippen molar-refractivity contribution in [2.45, 2.75) is 25.9 Å². The smallest absolute Gasteiger partial charge is 0.251 e. The number of hydrogen-bond acceptors (Lipinski definition) is 4. The van der Waals surface area contributed by atoms with Crippen LogP contribution in [0.4, 0.5) is 5.69 Å². The lowest BCUT2D eigenvalue weighted by Gasteiger charge is -2.22. The minimum Gasteiger partial charge on any atom is -0.495 e. The van der Waals surface area contributed by atoms with Crippen LogP contribution in [-0.2, 0) is 6.54 Å². The van der Waals surface area contributed by atoms with Crippen molar-refractivity contribution < 1.29 is 9.53 Å². The molecule has 1 aliphatic heterocycles. The number of rotatable bonds is 7. The Kier molecular flexibility index (Phi) is 7.54. The van der Waals surface area contributed by atoms with Gasteiger partial charge in [-0.3, -0.25) is 9.79 Å². The van der Waals surface area contributed by atoms with Crippen molar-refractivity contribution in [2.75, 3.05) is 38.7 Å². The normalized spacial score (nSPS) is 16.3. The van der Waals surface area contributed by atoms with Crippen LogP contribution in [0.2, 0.25) is 0 Å². The van der Waals surface area contributed by atoms with Gasteiger partial charge in [0.05, 0.1) is 12.8 Å². The number of methoxy groups -OCH3 is 1. The maximum atomic E-state index is 12.0. The van der Waals surface area contributed by atoms with Gasteiger partial charge in [-0.25, -0.2) is 0 Å². The van der Waals surface area contributed by atoms with E-state index in [9.17, 15) is 4.79 Å². The van der Waals surface area contributed by atoms with Crippen molar-refractivity contribution in [3.8, 4) is 5.75 Å².